The molecule has 2 fully saturated rings. The summed E-state index contributed by atoms with van der Waals surface area (Å²) >= 11 is 1.75. The van der Waals surface area contributed by atoms with Crippen molar-refractivity contribution >= 4 is 27.4 Å². The fraction of sp³-hybridized carbons (Fsp3) is 0.333. The van der Waals surface area contributed by atoms with Crippen LogP contribution in [0.1, 0.15) is 6.42 Å². The van der Waals surface area contributed by atoms with Gasteiger partial charge in [0.05, 0.1) is 5.39 Å². The fourth-order valence-corrected chi connectivity index (χ4v) is 4.78. The van der Waals surface area contributed by atoms with Crippen molar-refractivity contribution in [2.24, 2.45) is 5.92 Å². The van der Waals surface area contributed by atoms with Crippen LogP contribution in [0, 0.1) is 5.92 Å². The number of aromatic nitrogens is 2. The highest BCUT2D eigenvalue weighted by molar-refractivity contribution is 7.21. The number of nitrogens with zero attached hydrogens (tertiary/aromatic N) is 3. The molecule has 0 saturated carbocycles. The molecule has 5 nitrogen and oxygen atoms in total. The maximum Gasteiger partial charge on any atom is 0.140 e. The molecule has 2 aliphatic rings. The first-order valence-corrected chi connectivity index (χ1v) is 9.23. The van der Waals surface area contributed by atoms with Gasteiger partial charge in [-0.2, -0.15) is 0 Å². The molecule has 24 heavy (non-hydrogen) atoms. The van der Waals surface area contributed by atoms with Crippen molar-refractivity contribution in [3.05, 3.63) is 42.7 Å². The molecule has 0 amide bonds. The van der Waals surface area contributed by atoms with Crippen LogP contribution in [0.3, 0.4) is 0 Å². The molecule has 4 heterocycles. The Hall–Kier alpha value is -2.02. The minimum Gasteiger partial charge on any atom is -0.356 e. The number of thiophene rings is 1. The number of rotatable bonds is 2. The van der Waals surface area contributed by atoms with Crippen LogP contribution < -0.4 is 15.8 Å². The van der Waals surface area contributed by atoms with Gasteiger partial charge in [-0.15, -0.1) is 11.3 Å². The number of hydrazine groups is 1. The standard InChI is InChI=1S/C18H19N5S/c1-2-4-12(5-3-1)16-8-14-17(19-11-20-18(14)24-16)23-7-6-15-13(10-23)9-21-22-15/h1-5,8,11,13,15,21-22H,6-7,9-10H2. The van der Waals surface area contributed by atoms with E-state index in [1.165, 1.54) is 15.8 Å². The van der Waals surface area contributed by atoms with E-state index in [4.69, 9.17) is 0 Å². The van der Waals surface area contributed by atoms with Gasteiger partial charge in [-0.1, -0.05) is 30.3 Å². The Labute approximate surface area is 144 Å². The molecule has 2 aromatic heterocycles. The van der Waals surface area contributed by atoms with Crippen molar-refractivity contribution in [3.8, 4) is 10.4 Å². The van der Waals surface area contributed by atoms with Gasteiger partial charge in [0.15, 0.2) is 0 Å². The largest absolute Gasteiger partial charge is 0.356 e. The molecule has 6 heteroatoms. The third kappa shape index (κ3) is 2.38. The van der Waals surface area contributed by atoms with E-state index in [0.29, 0.717) is 12.0 Å². The van der Waals surface area contributed by atoms with E-state index >= 15 is 0 Å². The first-order valence-electron chi connectivity index (χ1n) is 8.42. The average Bonchev–Trinajstić information content (AvgIpc) is 3.28. The Bertz CT molecular complexity index is 862. The van der Waals surface area contributed by atoms with Crippen molar-refractivity contribution in [1.82, 2.24) is 20.8 Å². The lowest BCUT2D eigenvalue weighted by Gasteiger charge is -2.35. The van der Waals surface area contributed by atoms with Crippen LogP contribution in [0.15, 0.2) is 42.7 Å². The van der Waals surface area contributed by atoms with Crippen LogP contribution in [0.2, 0.25) is 0 Å². The molecule has 0 aliphatic carbocycles. The molecule has 2 atom stereocenters. The zero-order valence-electron chi connectivity index (χ0n) is 13.3. The second-order valence-corrected chi connectivity index (χ2v) is 7.55. The van der Waals surface area contributed by atoms with Gasteiger partial charge in [0.1, 0.15) is 17.0 Å². The Balaban J connectivity index is 1.53. The number of benzene rings is 1. The summed E-state index contributed by atoms with van der Waals surface area (Å²) in [5.74, 6) is 1.74. The number of nitrogens with one attached hydrogen (secondary N) is 2. The van der Waals surface area contributed by atoms with E-state index in [1.54, 1.807) is 17.7 Å². The molecule has 0 spiro atoms. The first kappa shape index (κ1) is 14.3. The van der Waals surface area contributed by atoms with E-state index in [1.807, 2.05) is 0 Å². The normalized spacial score (nSPS) is 23.6. The lowest BCUT2D eigenvalue weighted by atomic mass is 9.94. The molecule has 5 rings (SSSR count). The monoisotopic (exact) mass is 337 g/mol. The van der Waals surface area contributed by atoms with Gasteiger partial charge in [-0.3, -0.25) is 10.9 Å². The van der Waals surface area contributed by atoms with Gasteiger partial charge in [0, 0.05) is 36.5 Å². The topological polar surface area (TPSA) is 53.1 Å². The van der Waals surface area contributed by atoms with Crippen LogP contribution in [-0.4, -0.2) is 35.6 Å². The number of piperidine rings is 1. The van der Waals surface area contributed by atoms with Crippen LogP contribution in [-0.2, 0) is 0 Å². The van der Waals surface area contributed by atoms with Crippen LogP contribution in [0.25, 0.3) is 20.7 Å². The zero-order valence-corrected chi connectivity index (χ0v) is 14.1. The van der Waals surface area contributed by atoms with Crippen molar-refractivity contribution in [1.29, 1.82) is 0 Å². The molecular formula is C18H19N5S. The first-order chi connectivity index (χ1) is 11.9. The maximum atomic E-state index is 4.63. The van der Waals surface area contributed by atoms with Crippen molar-refractivity contribution < 1.29 is 0 Å². The van der Waals surface area contributed by atoms with Crippen molar-refractivity contribution in [3.63, 3.8) is 0 Å². The van der Waals surface area contributed by atoms with Gasteiger partial charge >= 0.3 is 0 Å². The summed E-state index contributed by atoms with van der Waals surface area (Å²) < 4.78 is 0. The third-order valence-electron chi connectivity index (χ3n) is 5.05. The molecule has 2 N–H and O–H groups in total. The van der Waals surface area contributed by atoms with Gasteiger partial charge in [-0.05, 0) is 18.1 Å². The summed E-state index contributed by atoms with van der Waals surface area (Å²) in [7, 11) is 0. The minimum absolute atomic E-state index is 0.598. The molecule has 2 unspecified atom stereocenters. The quantitative estimate of drug-likeness (QED) is 0.753. The van der Waals surface area contributed by atoms with Crippen molar-refractivity contribution in [2.45, 2.75) is 12.5 Å². The Morgan fingerprint density at radius 2 is 2.08 bits per heavy atom. The van der Waals surface area contributed by atoms with E-state index in [2.05, 4.69) is 62.1 Å². The molecule has 3 aromatic rings. The van der Waals surface area contributed by atoms with Crippen LogP contribution in [0.4, 0.5) is 5.82 Å². The van der Waals surface area contributed by atoms with Gasteiger partial charge < -0.3 is 4.90 Å². The number of hydrogen-bond acceptors (Lipinski definition) is 6. The Kier molecular flexibility index (Phi) is 3.47. The molecule has 122 valence electrons. The summed E-state index contributed by atoms with van der Waals surface area (Å²) in [6.45, 7) is 3.13. The minimum atomic E-state index is 0.598. The Morgan fingerprint density at radius 1 is 1.17 bits per heavy atom. The lowest BCUT2D eigenvalue weighted by Crippen LogP contribution is -2.45. The second kappa shape index (κ2) is 5.81. The van der Waals surface area contributed by atoms with E-state index in [-0.39, 0.29) is 0 Å². The molecule has 1 aromatic carbocycles. The van der Waals surface area contributed by atoms with Gasteiger partial charge in [0.25, 0.3) is 0 Å². The average molecular weight is 337 g/mol. The number of hydrogen-bond donors (Lipinski definition) is 2. The van der Waals surface area contributed by atoms with Crippen LogP contribution >= 0.6 is 11.3 Å². The van der Waals surface area contributed by atoms with Crippen LogP contribution in [0.5, 0.6) is 0 Å². The number of anilines is 1. The lowest BCUT2D eigenvalue weighted by molar-refractivity contribution is 0.383. The SMILES string of the molecule is c1ccc(-c2cc3c(N4CCC5NNCC5C4)ncnc3s2)cc1. The molecule has 0 radical (unpaired) electrons. The van der Waals surface area contributed by atoms with Gasteiger partial charge in [-0.25, -0.2) is 9.97 Å². The summed E-state index contributed by atoms with van der Waals surface area (Å²) in [6, 6.07) is 13.4. The van der Waals surface area contributed by atoms with Gasteiger partial charge in [0.2, 0.25) is 0 Å². The zero-order chi connectivity index (χ0) is 15.9. The highest BCUT2D eigenvalue weighted by atomic mass is 32.1. The summed E-state index contributed by atoms with van der Waals surface area (Å²) in [6.07, 6.45) is 2.86. The van der Waals surface area contributed by atoms with E-state index in [0.717, 1.165) is 36.7 Å². The summed E-state index contributed by atoms with van der Waals surface area (Å²) in [4.78, 5) is 13.9. The molecular weight excluding hydrogens is 318 g/mol. The van der Waals surface area contributed by atoms with Crippen molar-refractivity contribution in [2.75, 3.05) is 24.5 Å². The fourth-order valence-electron chi connectivity index (χ4n) is 3.78. The Morgan fingerprint density at radius 3 is 3.00 bits per heavy atom. The number of fused-ring (bicyclic) bond motifs is 2. The predicted octanol–water partition coefficient (Wildman–Crippen LogP) is 2.66. The van der Waals surface area contributed by atoms with E-state index in [9.17, 15) is 0 Å². The van der Waals surface area contributed by atoms with E-state index < -0.39 is 0 Å². The highest BCUT2D eigenvalue weighted by Crippen LogP contribution is 2.37. The second-order valence-electron chi connectivity index (χ2n) is 6.52. The molecule has 0 bridgehead atoms. The summed E-state index contributed by atoms with van der Waals surface area (Å²) in [5, 5.41) is 1.18. The maximum absolute atomic E-state index is 4.63. The molecule has 2 aliphatic heterocycles. The third-order valence-corrected chi connectivity index (χ3v) is 6.14. The predicted molar refractivity (Wildman–Crippen MR) is 98.1 cm³/mol. The summed E-state index contributed by atoms with van der Waals surface area (Å²) in [5.41, 5.74) is 7.92. The smallest absolute Gasteiger partial charge is 0.140 e. The highest BCUT2D eigenvalue weighted by Gasteiger charge is 2.33. The molecule has 2 saturated heterocycles.